The highest BCUT2D eigenvalue weighted by molar-refractivity contribution is 7.91. The Bertz CT molecular complexity index is 1610. The van der Waals surface area contributed by atoms with Gasteiger partial charge in [-0.3, -0.25) is 4.90 Å². The fourth-order valence-corrected chi connectivity index (χ4v) is 7.37. The summed E-state index contributed by atoms with van der Waals surface area (Å²) in [6, 6.07) is 14.9. The van der Waals surface area contributed by atoms with E-state index in [1.165, 1.54) is 11.1 Å². The van der Waals surface area contributed by atoms with Crippen molar-refractivity contribution >= 4 is 15.4 Å². The molecule has 0 N–H and O–H groups in total. The number of pyridine rings is 1. The lowest BCUT2D eigenvalue weighted by atomic mass is 9.98. The average molecular weight is 563 g/mol. The normalized spacial score (nSPS) is 13.9. The van der Waals surface area contributed by atoms with Crippen molar-refractivity contribution in [3.63, 3.8) is 0 Å². The van der Waals surface area contributed by atoms with Gasteiger partial charge in [0.05, 0.1) is 31.2 Å². The maximum atomic E-state index is 13.8. The zero-order valence-corrected chi connectivity index (χ0v) is 24.8. The van der Waals surface area contributed by atoms with Crippen LogP contribution < -0.4 is 14.2 Å². The molecule has 3 heterocycles. The summed E-state index contributed by atoms with van der Waals surface area (Å²) in [5.41, 5.74) is 5.08. The van der Waals surface area contributed by atoms with Crippen molar-refractivity contribution in [1.29, 1.82) is 0 Å². The Morgan fingerprint density at radius 3 is 2.35 bits per heavy atom. The second-order valence-electron chi connectivity index (χ2n) is 10.7. The van der Waals surface area contributed by atoms with Gasteiger partial charge < -0.3 is 18.6 Å². The molecule has 0 unspecified atom stereocenters. The van der Waals surface area contributed by atoms with Crippen LogP contribution in [0.25, 0.3) is 5.52 Å². The Hall–Kier alpha value is -3.49. The molecule has 0 aliphatic carbocycles. The Morgan fingerprint density at radius 1 is 0.975 bits per heavy atom. The Balaban J connectivity index is 1.22. The predicted molar refractivity (Wildman–Crippen MR) is 157 cm³/mol. The minimum Gasteiger partial charge on any atom is -0.494 e. The van der Waals surface area contributed by atoms with Crippen molar-refractivity contribution < 1.29 is 22.6 Å². The summed E-state index contributed by atoms with van der Waals surface area (Å²) in [4.78, 5) is 3.09. The Kier molecular flexibility index (Phi) is 8.10. The molecule has 4 aromatic rings. The van der Waals surface area contributed by atoms with E-state index < -0.39 is 9.84 Å². The molecule has 1 aliphatic rings. The fourth-order valence-electron chi connectivity index (χ4n) is 5.52. The molecule has 212 valence electrons. The molecule has 0 saturated heterocycles. The van der Waals surface area contributed by atoms with E-state index in [0.29, 0.717) is 17.3 Å². The monoisotopic (exact) mass is 562 g/mol. The topological polar surface area (TPSA) is 69.5 Å². The standard InChI is InChI=1S/C32H38N2O5S/c1-22(2)28-21-34-15-6-8-23(3)31(34)32(28)40(35,36)27-11-9-26(10-12-27)39-17-7-14-33-16-13-24-18-29(37-4)30(38-5)19-25(24)20-33/h6,8-12,15,18-19,21-22H,7,13-14,16-17,20H2,1-5H3. The van der Waals surface area contributed by atoms with Crippen LogP contribution >= 0.6 is 0 Å². The number of fused-ring (bicyclic) bond motifs is 2. The summed E-state index contributed by atoms with van der Waals surface area (Å²) in [5, 5.41) is 0. The molecule has 0 bridgehead atoms. The second-order valence-corrected chi connectivity index (χ2v) is 12.6. The van der Waals surface area contributed by atoms with Crippen LogP contribution in [0.2, 0.25) is 0 Å². The van der Waals surface area contributed by atoms with Gasteiger partial charge in [0.2, 0.25) is 9.84 Å². The number of ether oxygens (including phenoxy) is 3. The lowest BCUT2D eigenvalue weighted by Crippen LogP contribution is -2.32. The van der Waals surface area contributed by atoms with E-state index in [9.17, 15) is 8.42 Å². The van der Waals surface area contributed by atoms with Gasteiger partial charge in [0.1, 0.15) is 10.6 Å². The van der Waals surface area contributed by atoms with Crippen molar-refractivity contribution in [2.24, 2.45) is 0 Å². The molecule has 8 heteroatoms. The van der Waals surface area contributed by atoms with E-state index in [2.05, 4.69) is 17.0 Å². The van der Waals surface area contributed by atoms with Gasteiger partial charge in [-0.05, 0) is 90.4 Å². The zero-order chi connectivity index (χ0) is 28.4. The molecular weight excluding hydrogens is 524 g/mol. The van der Waals surface area contributed by atoms with Gasteiger partial charge in [-0.2, -0.15) is 0 Å². The molecule has 0 radical (unpaired) electrons. The van der Waals surface area contributed by atoms with Gasteiger partial charge in [0.15, 0.2) is 11.5 Å². The maximum Gasteiger partial charge on any atom is 0.209 e. The number of methoxy groups -OCH3 is 2. The van der Waals surface area contributed by atoms with Gasteiger partial charge in [0, 0.05) is 32.0 Å². The highest BCUT2D eigenvalue weighted by Gasteiger charge is 2.28. The Labute approximate surface area is 237 Å². The van der Waals surface area contributed by atoms with Crippen LogP contribution in [0.4, 0.5) is 0 Å². The molecule has 2 aromatic carbocycles. The minimum absolute atomic E-state index is 0.0740. The average Bonchev–Trinajstić information content (AvgIpc) is 3.37. The van der Waals surface area contributed by atoms with Gasteiger partial charge >= 0.3 is 0 Å². The number of nitrogens with zero attached hydrogens (tertiary/aromatic N) is 2. The number of sulfone groups is 1. The first-order valence-electron chi connectivity index (χ1n) is 13.8. The number of hydrogen-bond donors (Lipinski definition) is 0. The van der Waals surface area contributed by atoms with Crippen LogP contribution in [0.5, 0.6) is 17.2 Å². The van der Waals surface area contributed by atoms with Crippen LogP contribution in [0.3, 0.4) is 0 Å². The highest BCUT2D eigenvalue weighted by atomic mass is 32.2. The number of benzene rings is 2. The predicted octanol–water partition coefficient (Wildman–Crippen LogP) is 6.05. The molecule has 5 rings (SSSR count). The van der Waals surface area contributed by atoms with Crippen molar-refractivity contribution in [1.82, 2.24) is 9.30 Å². The van der Waals surface area contributed by atoms with Crippen molar-refractivity contribution in [3.05, 3.63) is 83.2 Å². The minimum atomic E-state index is -3.71. The number of rotatable bonds is 10. The van der Waals surface area contributed by atoms with Gasteiger partial charge in [-0.1, -0.05) is 19.9 Å². The molecule has 0 fully saturated rings. The molecule has 2 aromatic heterocycles. The lowest BCUT2D eigenvalue weighted by molar-refractivity contribution is 0.220. The van der Waals surface area contributed by atoms with E-state index in [0.717, 1.165) is 60.6 Å². The van der Waals surface area contributed by atoms with Crippen LogP contribution in [-0.4, -0.2) is 51.6 Å². The van der Waals surface area contributed by atoms with E-state index in [-0.39, 0.29) is 10.8 Å². The summed E-state index contributed by atoms with van der Waals surface area (Å²) < 4.78 is 46.5. The molecule has 0 saturated carbocycles. The molecular formula is C32H38N2O5S. The van der Waals surface area contributed by atoms with Crippen molar-refractivity contribution in [2.75, 3.05) is 33.9 Å². The summed E-state index contributed by atoms with van der Waals surface area (Å²) in [7, 11) is -0.381. The molecule has 0 amide bonds. The first-order valence-corrected chi connectivity index (χ1v) is 15.3. The summed E-state index contributed by atoms with van der Waals surface area (Å²) in [6.07, 6.45) is 5.69. The smallest absolute Gasteiger partial charge is 0.209 e. The first-order chi connectivity index (χ1) is 19.2. The molecule has 7 nitrogen and oxygen atoms in total. The molecule has 0 atom stereocenters. The number of hydrogen-bond acceptors (Lipinski definition) is 6. The lowest BCUT2D eigenvalue weighted by Gasteiger charge is -2.29. The van der Waals surface area contributed by atoms with E-state index in [4.69, 9.17) is 14.2 Å². The van der Waals surface area contributed by atoms with Crippen molar-refractivity contribution in [3.8, 4) is 17.2 Å². The quantitative estimate of drug-likeness (QED) is 0.219. The fraction of sp³-hybridized carbons (Fsp3) is 0.375. The van der Waals surface area contributed by atoms with E-state index in [1.807, 2.05) is 49.7 Å². The zero-order valence-electron chi connectivity index (χ0n) is 23.9. The molecule has 40 heavy (non-hydrogen) atoms. The maximum absolute atomic E-state index is 13.8. The van der Waals surface area contributed by atoms with Crippen LogP contribution in [-0.2, 0) is 22.8 Å². The third kappa shape index (κ3) is 5.43. The van der Waals surface area contributed by atoms with Gasteiger partial charge in [-0.25, -0.2) is 8.42 Å². The SMILES string of the molecule is COc1cc2c(cc1OC)CN(CCCOc1ccc(S(=O)(=O)c3c(C(C)C)cn4cccc(C)c34)cc1)CC2. The van der Waals surface area contributed by atoms with Gasteiger partial charge in [0.25, 0.3) is 0 Å². The first kappa shape index (κ1) is 28.1. The third-order valence-electron chi connectivity index (χ3n) is 7.69. The van der Waals surface area contributed by atoms with Crippen molar-refractivity contribution in [2.45, 2.75) is 55.9 Å². The summed E-state index contributed by atoms with van der Waals surface area (Å²) in [5.74, 6) is 2.28. The summed E-state index contributed by atoms with van der Waals surface area (Å²) >= 11 is 0. The Morgan fingerprint density at radius 2 is 1.68 bits per heavy atom. The van der Waals surface area contributed by atoms with E-state index in [1.54, 1.807) is 38.5 Å². The van der Waals surface area contributed by atoms with Gasteiger partial charge in [-0.15, -0.1) is 0 Å². The summed E-state index contributed by atoms with van der Waals surface area (Å²) in [6.45, 7) is 9.33. The second kappa shape index (κ2) is 11.6. The number of aryl methyl sites for hydroxylation is 1. The third-order valence-corrected chi connectivity index (χ3v) is 9.55. The highest BCUT2D eigenvalue weighted by Crippen LogP contribution is 2.36. The van der Waals surface area contributed by atoms with E-state index >= 15 is 0 Å². The van der Waals surface area contributed by atoms with Crippen LogP contribution in [0.15, 0.2) is 70.7 Å². The molecule has 1 aliphatic heterocycles. The molecule has 0 spiro atoms. The number of aromatic nitrogens is 1. The van der Waals surface area contributed by atoms with Crippen LogP contribution in [0, 0.1) is 6.92 Å². The largest absolute Gasteiger partial charge is 0.494 e. The van der Waals surface area contributed by atoms with Crippen LogP contribution in [0.1, 0.15) is 48.4 Å².